The van der Waals surface area contributed by atoms with Crippen molar-refractivity contribution in [3.63, 3.8) is 0 Å². The molecule has 8 heteroatoms. The molecule has 0 spiro atoms. The quantitative estimate of drug-likeness (QED) is 0.155. The van der Waals surface area contributed by atoms with E-state index in [0.29, 0.717) is 48.2 Å². The van der Waals surface area contributed by atoms with Crippen LogP contribution in [0, 0.1) is 6.92 Å². The Hall–Kier alpha value is -5.37. The summed E-state index contributed by atoms with van der Waals surface area (Å²) in [5, 5.41) is 12.1. The molecule has 0 aliphatic rings. The number of aromatic nitrogens is 1. The van der Waals surface area contributed by atoms with Gasteiger partial charge in [0.15, 0.2) is 0 Å². The molecule has 0 aliphatic carbocycles. The van der Waals surface area contributed by atoms with Crippen molar-refractivity contribution in [2.75, 3.05) is 6.61 Å². The number of para-hydroxylation sites is 1. The first-order valence-corrected chi connectivity index (χ1v) is 14.0. The lowest BCUT2D eigenvalue weighted by Crippen LogP contribution is -2.23. The van der Waals surface area contributed by atoms with E-state index in [1.54, 1.807) is 24.3 Å². The summed E-state index contributed by atoms with van der Waals surface area (Å²) in [4.78, 5) is 28.8. The van der Waals surface area contributed by atoms with Crippen LogP contribution in [0.25, 0.3) is 11.5 Å². The van der Waals surface area contributed by atoms with Crippen molar-refractivity contribution in [3.8, 4) is 28.7 Å². The maximum absolute atomic E-state index is 12.9. The highest BCUT2D eigenvalue weighted by Crippen LogP contribution is 2.24. The number of aryl methyl sites for hydroxylation is 2. The molecule has 5 rings (SSSR count). The number of carbonyl (C=O) groups is 2. The van der Waals surface area contributed by atoms with Crippen LogP contribution in [-0.4, -0.2) is 28.6 Å². The van der Waals surface area contributed by atoms with Crippen molar-refractivity contribution in [1.29, 1.82) is 0 Å². The molecule has 2 N–H and O–H groups in total. The lowest BCUT2D eigenvalue weighted by molar-refractivity contribution is -0.136. The number of oxazole rings is 1. The van der Waals surface area contributed by atoms with E-state index in [0.717, 1.165) is 28.1 Å². The molecular formula is C35H32N2O6. The van der Waals surface area contributed by atoms with Gasteiger partial charge in [0.2, 0.25) is 5.89 Å². The fraction of sp³-hybridized carbons (Fsp3) is 0.171. The Bertz CT molecular complexity index is 1660. The predicted octanol–water partition coefficient (Wildman–Crippen LogP) is 7.01. The van der Waals surface area contributed by atoms with Crippen LogP contribution >= 0.6 is 0 Å². The molecule has 0 bridgehead atoms. The van der Waals surface area contributed by atoms with Crippen LogP contribution in [0.4, 0.5) is 0 Å². The number of nitrogens with zero attached hydrogens (tertiary/aromatic N) is 1. The number of rotatable bonds is 13. The van der Waals surface area contributed by atoms with Crippen LogP contribution in [0.15, 0.2) is 108 Å². The highest BCUT2D eigenvalue weighted by Gasteiger charge is 2.13. The minimum Gasteiger partial charge on any atom is -0.493 e. The summed E-state index contributed by atoms with van der Waals surface area (Å²) in [6, 6.07) is 31.5. The number of carboxylic acids is 1. The van der Waals surface area contributed by atoms with E-state index in [-0.39, 0.29) is 18.9 Å². The van der Waals surface area contributed by atoms with Crippen molar-refractivity contribution in [3.05, 3.63) is 131 Å². The fourth-order valence-corrected chi connectivity index (χ4v) is 4.55. The van der Waals surface area contributed by atoms with Gasteiger partial charge in [0, 0.05) is 30.5 Å². The smallest absolute Gasteiger partial charge is 0.303 e. The first-order valence-electron chi connectivity index (χ1n) is 14.0. The zero-order valence-electron chi connectivity index (χ0n) is 23.8. The maximum Gasteiger partial charge on any atom is 0.303 e. The van der Waals surface area contributed by atoms with E-state index >= 15 is 0 Å². The third-order valence-corrected chi connectivity index (χ3v) is 6.84. The standard InChI is InChI=1S/C35H32N2O6/c1-24-32(37-35(42-24)27-8-4-2-5-9-27)20-21-41-31-18-12-25(15-19-33(38)39)28(22-31)23-36-34(40)26-13-16-30(17-14-26)43-29-10-6-3-7-11-29/h2-14,16-18,22H,15,19-21,23H2,1H3,(H,36,40)(H,38,39). The molecule has 0 aliphatic heterocycles. The van der Waals surface area contributed by atoms with Gasteiger partial charge in [0.05, 0.1) is 12.3 Å². The molecule has 1 amide bonds. The molecule has 0 atom stereocenters. The Morgan fingerprint density at radius 1 is 0.814 bits per heavy atom. The van der Waals surface area contributed by atoms with E-state index in [9.17, 15) is 14.7 Å². The molecular weight excluding hydrogens is 544 g/mol. The number of carboxylic acid groups (broad SMARTS) is 1. The second kappa shape index (κ2) is 14.0. The third kappa shape index (κ3) is 8.10. The summed E-state index contributed by atoms with van der Waals surface area (Å²) in [5.41, 5.74) is 3.85. The number of aliphatic carboxylic acids is 1. The molecule has 8 nitrogen and oxygen atoms in total. The third-order valence-electron chi connectivity index (χ3n) is 6.84. The van der Waals surface area contributed by atoms with Crippen LogP contribution in [-0.2, 0) is 24.2 Å². The van der Waals surface area contributed by atoms with Gasteiger partial charge in [-0.1, -0.05) is 42.5 Å². The number of ether oxygens (including phenoxy) is 2. The highest BCUT2D eigenvalue weighted by molar-refractivity contribution is 5.94. The Kier molecular flexibility index (Phi) is 9.49. The summed E-state index contributed by atoms with van der Waals surface area (Å²) in [6.07, 6.45) is 0.880. The Labute approximate surface area is 249 Å². The fourth-order valence-electron chi connectivity index (χ4n) is 4.55. The van der Waals surface area contributed by atoms with Gasteiger partial charge in [0.25, 0.3) is 5.91 Å². The molecule has 1 heterocycles. The lowest BCUT2D eigenvalue weighted by Gasteiger charge is -2.14. The molecule has 43 heavy (non-hydrogen) atoms. The monoisotopic (exact) mass is 576 g/mol. The predicted molar refractivity (Wildman–Crippen MR) is 162 cm³/mol. The minimum absolute atomic E-state index is 0.0147. The highest BCUT2D eigenvalue weighted by atomic mass is 16.5. The van der Waals surface area contributed by atoms with Crippen molar-refractivity contribution in [2.24, 2.45) is 0 Å². The summed E-state index contributed by atoms with van der Waals surface area (Å²) >= 11 is 0. The van der Waals surface area contributed by atoms with Crippen molar-refractivity contribution < 1.29 is 28.6 Å². The molecule has 5 aromatic rings. The maximum atomic E-state index is 12.9. The van der Waals surface area contributed by atoms with Gasteiger partial charge >= 0.3 is 5.97 Å². The topological polar surface area (TPSA) is 111 Å². The lowest BCUT2D eigenvalue weighted by atomic mass is 10.0. The second-order valence-electron chi connectivity index (χ2n) is 9.93. The first kappa shape index (κ1) is 29.1. The van der Waals surface area contributed by atoms with Gasteiger partial charge in [-0.2, -0.15) is 0 Å². The van der Waals surface area contributed by atoms with Gasteiger partial charge in [-0.05, 0) is 85.1 Å². The molecule has 0 radical (unpaired) electrons. The van der Waals surface area contributed by atoms with Crippen LogP contribution < -0.4 is 14.8 Å². The second-order valence-corrected chi connectivity index (χ2v) is 9.93. The molecule has 0 saturated carbocycles. The van der Waals surface area contributed by atoms with Gasteiger partial charge in [0.1, 0.15) is 23.0 Å². The number of nitrogens with one attached hydrogen (secondary N) is 1. The first-order chi connectivity index (χ1) is 20.9. The number of hydrogen-bond acceptors (Lipinski definition) is 6. The molecule has 0 unspecified atom stereocenters. The summed E-state index contributed by atoms with van der Waals surface area (Å²) < 4.78 is 17.7. The Morgan fingerprint density at radius 2 is 1.49 bits per heavy atom. The van der Waals surface area contributed by atoms with Gasteiger partial charge in [-0.3, -0.25) is 9.59 Å². The molecule has 218 valence electrons. The van der Waals surface area contributed by atoms with Crippen molar-refractivity contribution >= 4 is 11.9 Å². The normalized spacial score (nSPS) is 10.7. The SMILES string of the molecule is Cc1oc(-c2ccccc2)nc1CCOc1ccc(CCC(=O)O)c(CNC(=O)c2ccc(Oc3ccccc3)cc2)c1. The van der Waals surface area contributed by atoms with E-state index in [4.69, 9.17) is 13.9 Å². The zero-order valence-corrected chi connectivity index (χ0v) is 23.8. The molecule has 0 saturated heterocycles. The minimum atomic E-state index is -0.883. The number of benzene rings is 4. The van der Waals surface area contributed by atoms with Gasteiger partial charge in [-0.25, -0.2) is 4.98 Å². The summed E-state index contributed by atoms with van der Waals surface area (Å²) in [5.74, 6) is 2.14. The van der Waals surface area contributed by atoms with E-state index in [2.05, 4.69) is 10.3 Å². The summed E-state index contributed by atoms with van der Waals surface area (Å²) in [7, 11) is 0. The van der Waals surface area contributed by atoms with Crippen molar-refractivity contribution in [2.45, 2.75) is 32.7 Å². The van der Waals surface area contributed by atoms with Gasteiger partial charge in [-0.15, -0.1) is 0 Å². The largest absolute Gasteiger partial charge is 0.493 e. The average Bonchev–Trinajstić information content (AvgIpc) is 3.40. The average molecular weight is 577 g/mol. The van der Waals surface area contributed by atoms with Crippen LogP contribution in [0.2, 0.25) is 0 Å². The molecule has 1 aromatic heterocycles. The molecule has 0 fully saturated rings. The summed E-state index contributed by atoms with van der Waals surface area (Å²) in [6.45, 7) is 2.48. The van der Waals surface area contributed by atoms with E-state index < -0.39 is 5.97 Å². The number of amides is 1. The molecule has 4 aromatic carbocycles. The Morgan fingerprint density at radius 3 is 2.21 bits per heavy atom. The number of hydrogen-bond donors (Lipinski definition) is 2. The Balaban J connectivity index is 1.21. The zero-order chi connectivity index (χ0) is 30.0. The van der Waals surface area contributed by atoms with Gasteiger partial charge < -0.3 is 24.3 Å². The van der Waals surface area contributed by atoms with Crippen LogP contribution in [0.1, 0.15) is 39.4 Å². The van der Waals surface area contributed by atoms with Crippen LogP contribution in [0.5, 0.6) is 17.2 Å². The van der Waals surface area contributed by atoms with E-state index in [1.807, 2.05) is 85.8 Å². The van der Waals surface area contributed by atoms with Crippen LogP contribution in [0.3, 0.4) is 0 Å². The number of carbonyl (C=O) groups excluding carboxylic acids is 1. The van der Waals surface area contributed by atoms with Crippen molar-refractivity contribution in [1.82, 2.24) is 10.3 Å². The van der Waals surface area contributed by atoms with E-state index in [1.165, 1.54) is 0 Å².